The van der Waals surface area contributed by atoms with Gasteiger partial charge in [-0.25, -0.2) is 0 Å². The van der Waals surface area contributed by atoms with Gasteiger partial charge in [0.25, 0.3) is 0 Å². The Morgan fingerprint density at radius 1 is 1.20 bits per heavy atom. The van der Waals surface area contributed by atoms with Crippen molar-refractivity contribution in [3.05, 3.63) is 59.3 Å². The average molecular weight is 339 g/mol. The molecule has 2 heterocycles. The maximum absolute atomic E-state index is 10.5. The van der Waals surface area contributed by atoms with Gasteiger partial charge in [-0.3, -0.25) is 10.3 Å². The largest absolute Gasteiger partial charge is 0.390 e. The van der Waals surface area contributed by atoms with Gasteiger partial charge in [0.05, 0.1) is 19.3 Å². The monoisotopic (exact) mass is 339 g/mol. The first-order valence-corrected chi connectivity index (χ1v) is 9.05. The van der Waals surface area contributed by atoms with E-state index in [1.165, 1.54) is 16.3 Å². The van der Waals surface area contributed by atoms with Gasteiger partial charge in [0.1, 0.15) is 6.10 Å². The molecule has 0 aromatic heterocycles. The molecule has 2 N–H and O–H groups in total. The highest BCUT2D eigenvalue weighted by molar-refractivity contribution is 5.83. The number of aliphatic hydroxyl groups excluding tert-OH is 1. The predicted molar refractivity (Wildman–Crippen MR) is 98.1 cm³/mol. The van der Waals surface area contributed by atoms with Crippen molar-refractivity contribution in [3.8, 4) is 0 Å². The molecule has 0 radical (unpaired) electrons. The predicted octanol–water partition coefficient (Wildman–Crippen LogP) is 3.66. The topological polar surface area (TPSA) is 50.7 Å². The fourth-order valence-corrected chi connectivity index (χ4v) is 4.35. The van der Waals surface area contributed by atoms with Crippen LogP contribution >= 0.6 is 0 Å². The first-order chi connectivity index (χ1) is 12.2. The van der Waals surface area contributed by atoms with Gasteiger partial charge in [0.15, 0.2) is 0 Å². The summed E-state index contributed by atoms with van der Waals surface area (Å²) < 4.78 is 6.09. The Morgan fingerprint density at radius 2 is 2.00 bits per heavy atom. The highest BCUT2D eigenvalue weighted by atomic mass is 16.6. The lowest BCUT2D eigenvalue weighted by Crippen LogP contribution is -2.34. The molecule has 4 nitrogen and oxygen atoms in total. The van der Waals surface area contributed by atoms with Crippen LogP contribution in [0.3, 0.4) is 0 Å². The Balaban J connectivity index is 1.81. The Bertz CT molecular complexity index is 801. The third-order valence-electron chi connectivity index (χ3n) is 5.48. The van der Waals surface area contributed by atoms with Crippen molar-refractivity contribution in [1.82, 2.24) is 5.48 Å². The van der Waals surface area contributed by atoms with Crippen LogP contribution in [0.5, 0.6) is 0 Å². The van der Waals surface area contributed by atoms with Crippen molar-refractivity contribution in [1.29, 1.82) is 0 Å². The molecule has 0 aliphatic carbocycles. The van der Waals surface area contributed by atoms with Gasteiger partial charge in [0.2, 0.25) is 0 Å². The van der Waals surface area contributed by atoms with Crippen LogP contribution in [0.15, 0.2) is 53.7 Å². The molecular formula is C21H25NO3. The number of benzene rings is 2. The maximum Gasteiger partial charge on any atom is 0.107 e. The fraction of sp³-hybridized carbons (Fsp3) is 0.429. The molecule has 2 saturated heterocycles. The van der Waals surface area contributed by atoms with Gasteiger partial charge in [-0.2, -0.15) is 0 Å². The molecule has 0 spiro atoms. The zero-order chi connectivity index (χ0) is 17.4. The van der Waals surface area contributed by atoms with E-state index in [0.717, 1.165) is 24.1 Å². The van der Waals surface area contributed by atoms with E-state index < -0.39 is 6.10 Å². The van der Waals surface area contributed by atoms with E-state index in [2.05, 4.69) is 54.9 Å². The number of nitrogens with one attached hydrogen (secondary N) is 1. The quantitative estimate of drug-likeness (QED) is 0.835. The van der Waals surface area contributed by atoms with Crippen LogP contribution in [0.4, 0.5) is 0 Å². The second-order valence-electron chi connectivity index (χ2n) is 6.97. The summed E-state index contributed by atoms with van der Waals surface area (Å²) in [4.78, 5) is 5.20. The summed E-state index contributed by atoms with van der Waals surface area (Å²) in [5, 5.41) is 13.0. The van der Waals surface area contributed by atoms with Crippen molar-refractivity contribution in [3.63, 3.8) is 0 Å². The molecule has 2 aromatic rings. The number of hydrogen-bond acceptors (Lipinski definition) is 4. The summed E-state index contributed by atoms with van der Waals surface area (Å²) in [6.45, 7) is 2.10. The second-order valence-corrected chi connectivity index (χ2v) is 6.97. The molecule has 0 amide bonds. The minimum atomic E-state index is -0.439. The summed E-state index contributed by atoms with van der Waals surface area (Å²) in [6.07, 6.45) is 1.86. The lowest BCUT2D eigenvalue weighted by atomic mass is 9.81. The van der Waals surface area contributed by atoms with Crippen LogP contribution < -0.4 is 5.48 Å². The van der Waals surface area contributed by atoms with Crippen molar-refractivity contribution in [2.24, 2.45) is 0 Å². The van der Waals surface area contributed by atoms with E-state index in [1.807, 2.05) is 0 Å². The van der Waals surface area contributed by atoms with Crippen LogP contribution in [0, 0.1) is 0 Å². The molecule has 0 saturated carbocycles. The van der Waals surface area contributed by atoms with E-state index in [4.69, 9.17) is 9.57 Å². The Morgan fingerprint density at radius 3 is 2.76 bits per heavy atom. The summed E-state index contributed by atoms with van der Waals surface area (Å²) in [7, 11) is 1.62. The third kappa shape index (κ3) is 2.95. The smallest absolute Gasteiger partial charge is 0.107 e. The van der Waals surface area contributed by atoms with Crippen molar-refractivity contribution >= 4 is 10.8 Å². The molecule has 2 aliphatic rings. The number of fused-ring (bicyclic) bond motifs is 3. The summed E-state index contributed by atoms with van der Waals surface area (Å²) in [5.74, 6) is 0.239. The first-order valence-electron chi connectivity index (χ1n) is 9.05. The zero-order valence-electron chi connectivity index (χ0n) is 14.7. The van der Waals surface area contributed by atoms with E-state index in [-0.39, 0.29) is 18.1 Å². The molecule has 2 fully saturated rings. The molecule has 132 valence electrons. The lowest BCUT2D eigenvalue weighted by molar-refractivity contribution is 0.000913. The highest BCUT2D eigenvalue weighted by Crippen LogP contribution is 2.46. The molecule has 2 unspecified atom stereocenters. The second kappa shape index (κ2) is 6.79. The van der Waals surface area contributed by atoms with Crippen LogP contribution in [-0.4, -0.2) is 30.5 Å². The van der Waals surface area contributed by atoms with E-state index in [0.29, 0.717) is 6.42 Å². The fourth-order valence-electron chi connectivity index (χ4n) is 4.35. The number of ether oxygens (including phenoxy) is 1. The van der Waals surface area contributed by atoms with Crippen LogP contribution in [0.1, 0.15) is 37.7 Å². The Labute approximate surface area is 148 Å². The average Bonchev–Trinajstić information content (AvgIpc) is 2.94. The SMILES string of the molecule is CCC(NOC)=C1[C@H](c2ccc3ccccc3c2)CC2CC(O)[C@H]1O2. The number of rotatable bonds is 4. The number of hydrogen-bond donors (Lipinski definition) is 2. The summed E-state index contributed by atoms with van der Waals surface area (Å²) >= 11 is 0. The molecular weight excluding hydrogens is 314 g/mol. The first kappa shape index (κ1) is 16.6. The minimum absolute atomic E-state index is 0.126. The Kier molecular flexibility index (Phi) is 4.50. The van der Waals surface area contributed by atoms with Gasteiger partial charge in [0, 0.05) is 18.0 Å². The van der Waals surface area contributed by atoms with Gasteiger partial charge >= 0.3 is 0 Å². The third-order valence-corrected chi connectivity index (χ3v) is 5.48. The lowest BCUT2D eigenvalue weighted by Gasteiger charge is -2.34. The maximum atomic E-state index is 10.5. The van der Waals surface area contributed by atoms with Crippen LogP contribution in [-0.2, 0) is 9.57 Å². The summed E-state index contributed by atoms with van der Waals surface area (Å²) in [5.41, 5.74) is 6.47. The molecule has 4 heteroatoms. The van der Waals surface area contributed by atoms with Gasteiger partial charge in [-0.15, -0.1) is 0 Å². The minimum Gasteiger partial charge on any atom is -0.390 e. The molecule has 4 atom stereocenters. The van der Waals surface area contributed by atoms with Crippen molar-refractivity contribution in [2.45, 2.75) is 50.4 Å². The number of aliphatic hydroxyl groups is 1. The van der Waals surface area contributed by atoms with Gasteiger partial charge in [-0.05, 0) is 34.8 Å². The number of hydroxylamine groups is 1. The molecule has 25 heavy (non-hydrogen) atoms. The van der Waals surface area contributed by atoms with E-state index >= 15 is 0 Å². The molecule has 2 aromatic carbocycles. The van der Waals surface area contributed by atoms with Gasteiger partial charge in [-0.1, -0.05) is 49.4 Å². The molecule has 4 rings (SSSR count). The van der Waals surface area contributed by atoms with Gasteiger partial charge < -0.3 is 9.84 Å². The zero-order valence-corrected chi connectivity index (χ0v) is 14.7. The summed E-state index contributed by atoms with van der Waals surface area (Å²) in [6, 6.07) is 15.1. The highest BCUT2D eigenvalue weighted by Gasteiger charge is 2.46. The molecule has 2 bridgehead atoms. The molecule has 2 aliphatic heterocycles. The normalized spacial score (nSPS) is 30.5. The van der Waals surface area contributed by atoms with Crippen LogP contribution in [0.25, 0.3) is 10.8 Å². The van der Waals surface area contributed by atoms with Crippen LogP contribution in [0.2, 0.25) is 0 Å². The standard InChI is InChI=1S/C21H25NO3/c1-3-18(22-24-2)20-17(11-16-12-19(23)21(20)25-16)15-9-8-13-6-4-5-7-14(13)10-15/h4-10,16-17,19,21-23H,3,11-12H2,1-2H3/t16?,17-,19?,21+/m0/s1. The Hall–Kier alpha value is -1.88. The van der Waals surface area contributed by atoms with E-state index in [9.17, 15) is 5.11 Å². The van der Waals surface area contributed by atoms with E-state index in [1.54, 1.807) is 7.11 Å². The number of allylic oxidation sites excluding steroid dienone is 1. The van der Waals surface area contributed by atoms with Crippen molar-refractivity contribution in [2.75, 3.05) is 7.11 Å². The van der Waals surface area contributed by atoms with Crippen molar-refractivity contribution < 1.29 is 14.7 Å².